The first-order valence-corrected chi connectivity index (χ1v) is 7.74. The fraction of sp³-hybridized carbons (Fsp3) is 0.462. The molecule has 2 heterocycles. The number of aryl methyl sites for hydroxylation is 1. The Labute approximate surface area is 111 Å². The van der Waals surface area contributed by atoms with Crippen LogP contribution >= 0.6 is 22.7 Å². The molecule has 0 aliphatic heterocycles. The van der Waals surface area contributed by atoms with Crippen molar-refractivity contribution in [3.05, 3.63) is 38.5 Å². The molecule has 0 aliphatic carbocycles. The highest BCUT2D eigenvalue weighted by Crippen LogP contribution is 2.20. The number of nitrogens with zero attached hydrogens (tertiary/aromatic N) is 1. The van der Waals surface area contributed by atoms with Crippen LogP contribution in [0.25, 0.3) is 0 Å². The van der Waals surface area contributed by atoms with Crippen molar-refractivity contribution in [1.82, 2.24) is 10.3 Å². The molecule has 2 aromatic rings. The molecule has 0 saturated carbocycles. The summed E-state index contributed by atoms with van der Waals surface area (Å²) in [6, 6.07) is 2.55. The van der Waals surface area contributed by atoms with E-state index in [0.29, 0.717) is 6.04 Å². The molecule has 0 spiro atoms. The highest BCUT2D eigenvalue weighted by atomic mass is 32.1. The summed E-state index contributed by atoms with van der Waals surface area (Å²) in [5.74, 6) is 0. The minimum absolute atomic E-state index is 0.360. The standard InChI is InChI=1S/C13H18N2S2/c1-3-12-8-15-13(17-12)10(2)14-6-4-11-5-7-16-9-11/h5,7-10,14H,3-4,6H2,1-2H3. The van der Waals surface area contributed by atoms with Gasteiger partial charge in [-0.2, -0.15) is 11.3 Å². The third-order valence-corrected chi connectivity index (χ3v) is 4.79. The van der Waals surface area contributed by atoms with Crippen molar-refractivity contribution in [2.45, 2.75) is 32.7 Å². The maximum atomic E-state index is 4.46. The van der Waals surface area contributed by atoms with E-state index in [4.69, 9.17) is 0 Å². The molecule has 0 aliphatic rings. The van der Waals surface area contributed by atoms with E-state index in [2.05, 4.69) is 41.0 Å². The molecule has 2 nitrogen and oxygen atoms in total. The van der Waals surface area contributed by atoms with Crippen molar-refractivity contribution in [1.29, 1.82) is 0 Å². The maximum absolute atomic E-state index is 4.46. The lowest BCUT2D eigenvalue weighted by Crippen LogP contribution is -2.21. The van der Waals surface area contributed by atoms with Crippen molar-refractivity contribution in [3.63, 3.8) is 0 Å². The van der Waals surface area contributed by atoms with Crippen molar-refractivity contribution in [3.8, 4) is 0 Å². The SMILES string of the molecule is CCc1cnc(C(C)NCCc2ccsc2)s1. The first-order valence-electron chi connectivity index (χ1n) is 5.98. The second kappa shape index (κ2) is 6.28. The van der Waals surface area contributed by atoms with Gasteiger partial charge in [0.05, 0.1) is 6.04 Å². The second-order valence-electron chi connectivity index (χ2n) is 4.08. The average molecular weight is 266 g/mol. The lowest BCUT2D eigenvalue weighted by Gasteiger charge is -2.10. The largest absolute Gasteiger partial charge is 0.308 e. The third kappa shape index (κ3) is 3.63. The zero-order chi connectivity index (χ0) is 12.1. The molecule has 1 unspecified atom stereocenters. The van der Waals surface area contributed by atoms with Gasteiger partial charge < -0.3 is 5.32 Å². The minimum atomic E-state index is 0.360. The van der Waals surface area contributed by atoms with E-state index in [1.807, 2.05) is 17.5 Å². The summed E-state index contributed by atoms with van der Waals surface area (Å²) in [5.41, 5.74) is 1.42. The van der Waals surface area contributed by atoms with Gasteiger partial charge in [-0.3, -0.25) is 0 Å². The molecule has 2 aromatic heterocycles. The van der Waals surface area contributed by atoms with E-state index in [1.54, 1.807) is 11.3 Å². The zero-order valence-electron chi connectivity index (χ0n) is 10.3. The van der Waals surface area contributed by atoms with Gasteiger partial charge in [-0.25, -0.2) is 4.98 Å². The Bertz CT molecular complexity index is 434. The van der Waals surface area contributed by atoms with Crippen LogP contribution in [0.4, 0.5) is 0 Å². The van der Waals surface area contributed by atoms with Gasteiger partial charge in [-0.05, 0) is 48.7 Å². The molecule has 0 radical (unpaired) electrons. The number of aromatic nitrogens is 1. The summed E-state index contributed by atoms with van der Waals surface area (Å²) in [5, 5.41) is 9.07. The molecular formula is C13H18N2S2. The second-order valence-corrected chi connectivity index (χ2v) is 6.00. The van der Waals surface area contributed by atoms with Crippen LogP contribution in [0.3, 0.4) is 0 Å². The van der Waals surface area contributed by atoms with E-state index < -0.39 is 0 Å². The summed E-state index contributed by atoms with van der Waals surface area (Å²) in [4.78, 5) is 5.83. The van der Waals surface area contributed by atoms with Gasteiger partial charge in [-0.15, -0.1) is 11.3 Å². The van der Waals surface area contributed by atoms with E-state index in [1.165, 1.54) is 15.4 Å². The van der Waals surface area contributed by atoms with Crippen LogP contribution in [0.2, 0.25) is 0 Å². The molecule has 1 N–H and O–H groups in total. The number of hydrogen-bond acceptors (Lipinski definition) is 4. The fourth-order valence-electron chi connectivity index (χ4n) is 1.64. The smallest absolute Gasteiger partial charge is 0.109 e. The highest BCUT2D eigenvalue weighted by molar-refractivity contribution is 7.11. The van der Waals surface area contributed by atoms with Crippen LogP contribution in [0.15, 0.2) is 23.0 Å². The Morgan fingerprint density at radius 3 is 3.00 bits per heavy atom. The van der Waals surface area contributed by atoms with Gasteiger partial charge in [0, 0.05) is 11.1 Å². The van der Waals surface area contributed by atoms with Crippen LogP contribution in [0.1, 0.15) is 35.3 Å². The van der Waals surface area contributed by atoms with Gasteiger partial charge in [-0.1, -0.05) is 6.92 Å². The monoisotopic (exact) mass is 266 g/mol. The van der Waals surface area contributed by atoms with Crippen LogP contribution in [-0.2, 0) is 12.8 Å². The van der Waals surface area contributed by atoms with Gasteiger partial charge in [0.2, 0.25) is 0 Å². The number of hydrogen-bond donors (Lipinski definition) is 1. The third-order valence-electron chi connectivity index (χ3n) is 2.73. The number of rotatable bonds is 6. The molecule has 1 atom stereocenters. The number of nitrogens with one attached hydrogen (secondary N) is 1. The summed E-state index contributed by atoms with van der Waals surface area (Å²) in [6.07, 6.45) is 4.18. The molecule has 0 amide bonds. The van der Waals surface area contributed by atoms with Crippen LogP contribution in [0.5, 0.6) is 0 Å². The average Bonchev–Trinajstić information content (AvgIpc) is 2.99. The van der Waals surface area contributed by atoms with E-state index >= 15 is 0 Å². The Kier molecular flexibility index (Phi) is 4.71. The molecule has 2 rings (SSSR count). The first-order chi connectivity index (χ1) is 8.29. The molecule has 0 bridgehead atoms. The summed E-state index contributed by atoms with van der Waals surface area (Å²) in [7, 11) is 0. The van der Waals surface area contributed by atoms with E-state index in [-0.39, 0.29) is 0 Å². The van der Waals surface area contributed by atoms with Gasteiger partial charge in [0.25, 0.3) is 0 Å². The summed E-state index contributed by atoms with van der Waals surface area (Å²) >= 11 is 3.58. The molecule has 0 saturated heterocycles. The van der Waals surface area contributed by atoms with Crippen LogP contribution in [0, 0.1) is 0 Å². The van der Waals surface area contributed by atoms with Gasteiger partial charge >= 0.3 is 0 Å². The number of thiazole rings is 1. The molecule has 92 valence electrons. The molecule has 0 fully saturated rings. The Hall–Kier alpha value is -0.710. The summed E-state index contributed by atoms with van der Waals surface area (Å²) < 4.78 is 0. The molecule has 4 heteroatoms. The predicted molar refractivity (Wildman–Crippen MR) is 75.9 cm³/mol. The Morgan fingerprint density at radius 1 is 1.47 bits per heavy atom. The zero-order valence-corrected chi connectivity index (χ0v) is 11.9. The van der Waals surface area contributed by atoms with Crippen LogP contribution in [-0.4, -0.2) is 11.5 Å². The summed E-state index contributed by atoms with van der Waals surface area (Å²) in [6.45, 7) is 5.37. The molecule has 0 aromatic carbocycles. The van der Waals surface area contributed by atoms with Crippen molar-refractivity contribution < 1.29 is 0 Å². The maximum Gasteiger partial charge on any atom is 0.109 e. The van der Waals surface area contributed by atoms with Gasteiger partial charge in [0.1, 0.15) is 5.01 Å². The number of thiophene rings is 1. The van der Waals surface area contributed by atoms with Crippen molar-refractivity contribution in [2.75, 3.05) is 6.54 Å². The minimum Gasteiger partial charge on any atom is -0.308 e. The topological polar surface area (TPSA) is 24.9 Å². The lowest BCUT2D eigenvalue weighted by molar-refractivity contribution is 0.574. The fourth-order valence-corrected chi connectivity index (χ4v) is 3.23. The Morgan fingerprint density at radius 2 is 2.35 bits per heavy atom. The lowest BCUT2D eigenvalue weighted by atomic mass is 10.2. The predicted octanol–water partition coefficient (Wildman–Crippen LogP) is 3.66. The molecule has 17 heavy (non-hydrogen) atoms. The van der Waals surface area contributed by atoms with Crippen molar-refractivity contribution in [2.24, 2.45) is 0 Å². The van der Waals surface area contributed by atoms with Crippen molar-refractivity contribution >= 4 is 22.7 Å². The van der Waals surface area contributed by atoms with Crippen LogP contribution < -0.4 is 5.32 Å². The van der Waals surface area contributed by atoms with E-state index in [9.17, 15) is 0 Å². The van der Waals surface area contributed by atoms with Gasteiger partial charge in [0.15, 0.2) is 0 Å². The quantitative estimate of drug-likeness (QED) is 0.863. The van der Waals surface area contributed by atoms with E-state index in [0.717, 1.165) is 19.4 Å². The first kappa shape index (κ1) is 12.7. The highest BCUT2D eigenvalue weighted by Gasteiger charge is 2.08. The molecular weight excluding hydrogens is 248 g/mol. The Balaban J connectivity index is 1.78. The normalized spacial score (nSPS) is 12.8.